The first kappa shape index (κ1) is 26.7. The summed E-state index contributed by atoms with van der Waals surface area (Å²) in [6.45, 7) is 0. The van der Waals surface area contributed by atoms with Gasteiger partial charge in [0.1, 0.15) is 0 Å². The van der Waals surface area contributed by atoms with Crippen LogP contribution in [0, 0.1) is 0 Å². The van der Waals surface area contributed by atoms with Crippen molar-refractivity contribution < 1.29 is 5.48 Å². The lowest BCUT2D eigenvalue weighted by Gasteiger charge is -2.26. The molecule has 6 aromatic rings. The summed E-state index contributed by atoms with van der Waals surface area (Å²) >= 11 is 0. The molecule has 0 aromatic heterocycles. The molecule has 6 aromatic carbocycles. The van der Waals surface area contributed by atoms with Gasteiger partial charge in [0.15, 0.2) is 0 Å². The molecule has 0 spiro atoms. The van der Waals surface area contributed by atoms with Gasteiger partial charge in [-0.2, -0.15) is 0 Å². The van der Waals surface area contributed by atoms with Crippen molar-refractivity contribution in [2.45, 2.75) is 0 Å². The number of hydrogen-bond acceptors (Lipinski definition) is 0. The lowest BCUT2D eigenvalue weighted by molar-refractivity contribution is 0.824. The Balaban J connectivity index is 0.00000308. The fourth-order valence-electron chi connectivity index (χ4n) is 4.96. The standard InChI is InChI=1S/C36H28P2.H2O/c1-5-17-29(18-6-1)37(30-19-7-2-8-20-30)35-27-15-13-25-33(35)34-26-14-16-28-36(34)38(31-21-9-3-10-22-31)32-23-11-4-12-24-32;/h1-28H;1H2. The molecule has 0 heterocycles. The van der Waals surface area contributed by atoms with Crippen LogP contribution in [0.25, 0.3) is 11.1 Å². The van der Waals surface area contributed by atoms with Crippen LogP contribution < -0.4 is 31.8 Å². The van der Waals surface area contributed by atoms with Gasteiger partial charge in [-0.05, 0) is 58.8 Å². The highest BCUT2D eigenvalue weighted by Crippen LogP contribution is 2.40. The van der Waals surface area contributed by atoms with E-state index >= 15 is 0 Å². The van der Waals surface area contributed by atoms with E-state index in [4.69, 9.17) is 0 Å². The second-order valence-corrected chi connectivity index (χ2v) is 13.4. The van der Waals surface area contributed by atoms with Crippen LogP contribution in [0.15, 0.2) is 170 Å². The monoisotopic (exact) mass is 540 g/mol. The molecule has 0 radical (unpaired) electrons. The van der Waals surface area contributed by atoms with Gasteiger partial charge in [0.05, 0.1) is 0 Å². The number of benzene rings is 6. The molecule has 0 atom stereocenters. The third kappa shape index (κ3) is 5.78. The van der Waals surface area contributed by atoms with Crippen molar-refractivity contribution in [1.82, 2.24) is 0 Å². The molecule has 0 amide bonds. The molecule has 0 aliphatic rings. The molecule has 0 unspecified atom stereocenters. The summed E-state index contributed by atoms with van der Waals surface area (Å²) in [6, 6.07) is 62.0. The Kier molecular flexibility index (Phi) is 8.77. The molecule has 3 heteroatoms. The SMILES string of the molecule is O.c1ccc(P(c2ccccc2)c2ccccc2-c2ccccc2P(c2ccccc2)c2ccccc2)cc1. The average molecular weight is 541 g/mol. The van der Waals surface area contributed by atoms with Gasteiger partial charge in [0.2, 0.25) is 0 Å². The smallest absolute Gasteiger partial charge is 0.00724 e. The van der Waals surface area contributed by atoms with Gasteiger partial charge in [-0.25, -0.2) is 0 Å². The van der Waals surface area contributed by atoms with Gasteiger partial charge in [0.25, 0.3) is 0 Å². The Morgan fingerprint density at radius 3 is 0.769 bits per heavy atom. The van der Waals surface area contributed by atoms with Crippen LogP contribution in [0.3, 0.4) is 0 Å². The summed E-state index contributed by atoms with van der Waals surface area (Å²) in [7, 11) is -1.45. The maximum absolute atomic E-state index is 2.34. The van der Waals surface area contributed by atoms with Gasteiger partial charge >= 0.3 is 0 Å². The van der Waals surface area contributed by atoms with Gasteiger partial charge < -0.3 is 5.48 Å². The molecule has 190 valence electrons. The largest absolute Gasteiger partial charge is 0.412 e. The van der Waals surface area contributed by atoms with Crippen molar-refractivity contribution in [3.63, 3.8) is 0 Å². The Hall–Kier alpha value is -3.86. The van der Waals surface area contributed by atoms with Crippen LogP contribution in [-0.2, 0) is 0 Å². The van der Waals surface area contributed by atoms with Crippen molar-refractivity contribution in [3.8, 4) is 11.1 Å². The van der Waals surface area contributed by atoms with E-state index in [0.717, 1.165) is 0 Å². The summed E-state index contributed by atoms with van der Waals surface area (Å²) in [5.41, 5.74) is 2.64. The number of rotatable bonds is 7. The van der Waals surface area contributed by atoms with Crippen LogP contribution in [0.5, 0.6) is 0 Å². The van der Waals surface area contributed by atoms with Gasteiger partial charge in [-0.15, -0.1) is 0 Å². The van der Waals surface area contributed by atoms with Crippen molar-refractivity contribution in [3.05, 3.63) is 170 Å². The van der Waals surface area contributed by atoms with Crippen molar-refractivity contribution in [2.75, 3.05) is 0 Å². The highest BCUT2D eigenvalue weighted by molar-refractivity contribution is 7.80. The summed E-state index contributed by atoms with van der Waals surface area (Å²) in [4.78, 5) is 0. The van der Waals surface area contributed by atoms with E-state index in [0.29, 0.717) is 0 Å². The maximum atomic E-state index is 2.34. The molecule has 0 fully saturated rings. The molecule has 0 saturated heterocycles. The Morgan fingerprint density at radius 2 is 0.487 bits per heavy atom. The van der Waals surface area contributed by atoms with E-state index in [2.05, 4.69) is 170 Å². The molecule has 0 saturated carbocycles. The minimum Gasteiger partial charge on any atom is -0.412 e. The van der Waals surface area contributed by atoms with Crippen LogP contribution in [0.4, 0.5) is 0 Å². The van der Waals surface area contributed by atoms with Gasteiger partial charge in [-0.1, -0.05) is 170 Å². The summed E-state index contributed by atoms with van der Waals surface area (Å²) < 4.78 is 0. The zero-order chi connectivity index (χ0) is 25.6. The van der Waals surface area contributed by atoms with Gasteiger partial charge in [-0.3, -0.25) is 0 Å². The highest BCUT2D eigenvalue weighted by atomic mass is 31.1. The Bertz CT molecular complexity index is 1400. The first-order valence-corrected chi connectivity index (χ1v) is 15.6. The number of hydrogen-bond donors (Lipinski definition) is 0. The molecule has 1 nitrogen and oxygen atoms in total. The van der Waals surface area contributed by atoms with Crippen molar-refractivity contribution in [1.29, 1.82) is 0 Å². The molecule has 0 aliphatic heterocycles. The first-order valence-electron chi connectivity index (χ1n) is 12.9. The van der Waals surface area contributed by atoms with Crippen LogP contribution in [0.1, 0.15) is 0 Å². The lowest BCUT2D eigenvalue weighted by Crippen LogP contribution is -2.25. The predicted molar refractivity (Wildman–Crippen MR) is 173 cm³/mol. The quantitative estimate of drug-likeness (QED) is 0.221. The van der Waals surface area contributed by atoms with E-state index in [1.165, 1.54) is 43.0 Å². The molecular formula is C36H30OP2. The van der Waals surface area contributed by atoms with Crippen LogP contribution >= 0.6 is 15.8 Å². The van der Waals surface area contributed by atoms with E-state index in [-0.39, 0.29) is 5.48 Å². The molecule has 0 bridgehead atoms. The fraction of sp³-hybridized carbons (Fsp3) is 0. The zero-order valence-corrected chi connectivity index (χ0v) is 23.3. The lowest BCUT2D eigenvalue weighted by atomic mass is 10.1. The van der Waals surface area contributed by atoms with E-state index in [1.807, 2.05) is 0 Å². The average Bonchev–Trinajstić information content (AvgIpc) is 3.00. The van der Waals surface area contributed by atoms with E-state index in [9.17, 15) is 0 Å². The topological polar surface area (TPSA) is 31.5 Å². The minimum absolute atomic E-state index is 0. The van der Waals surface area contributed by atoms with Crippen LogP contribution in [0.2, 0.25) is 0 Å². The molecule has 2 N–H and O–H groups in total. The first-order chi connectivity index (χ1) is 18.9. The third-order valence-electron chi connectivity index (χ3n) is 6.64. The third-order valence-corrected chi connectivity index (χ3v) is 11.6. The second-order valence-electron chi connectivity index (χ2n) is 9.05. The molecule has 6 rings (SSSR count). The second kappa shape index (κ2) is 12.8. The summed E-state index contributed by atoms with van der Waals surface area (Å²) in [5, 5.41) is 8.25. The van der Waals surface area contributed by atoms with Crippen LogP contribution in [-0.4, -0.2) is 5.48 Å². The predicted octanol–water partition coefficient (Wildman–Crippen LogP) is 6.05. The van der Waals surface area contributed by atoms with E-state index < -0.39 is 15.8 Å². The molecule has 39 heavy (non-hydrogen) atoms. The fourth-order valence-corrected chi connectivity index (χ4v) is 9.89. The van der Waals surface area contributed by atoms with Crippen molar-refractivity contribution >= 4 is 47.7 Å². The summed E-state index contributed by atoms with van der Waals surface area (Å²) in [5.74, 6) is 0. The zero-order valence-electron chi connectivity index (χ0n) is 21.6. The highest BCUT2D eigenvalue weighted by Gasteiger charge is 2.24. The Morgan fingerprint density at radius 1 is 0.256 bits per heavy atom. The van der Waals surface area contributed by atoms with E-state index in [1.54, 1.807) is 0 Å². The van der Waals surface area contributed by atoms with Gasteiger partial charge in [0, 0.05) is 0 Å². The summed E-state index contributed by atoms with van der Waals surface area (Å²) in [6.07, 6.45) is 0. The maximum Gasteiger partial charge on any atom is -0.00724 e. The minimum atomic E-state index is -0.723. The molecular weight excluding hydrogens is 510 g/mol. The Labute approximate surface area is 233 Å². The molecule has 0 aliphatic carbocycles. The van der Waals surface area contributed by atoms with Crippen molar-refractivity contribution in [2.24, 2.45) is 0 Å². The normalized spacial score (nSPS) is 10.8.